The van der Waals surface area contributed by atoms with Gasteiger partial charge in [0.15, 0.2) is 10.8 Å². The van der Waals surface area contributed by atoms with E-state index in [0.717, 1.165) is 25.8 Å². The Morgan fingerprint density at radius 2 is 1.86 bits per heavy atom. The van der Waals surface area contributed by atoms with Crippen LogP contribution in [-0.4, -0.2) is 83.1 Å². The maximum atomic E-state index is 13.3. The lowest BCUT2D eigenvalue weighted by Crippen LogP contribution is -2.66. The largest absolute Gasteiger partial charge is 0.419 e. The first-order valence-corrected chi connectivity index (χ1v) is 7.46. The maximum absolute atomic E-state index is 13.3. The van der Waals surface area contributed by atoms with Gasteiger partial charge in [-0.3, -0.25) is 4.99 Å². The number of halogens is 3. The molecule has 1 unspecified atom stereocenters. The number of aliphatic hydroxyl groups is 2. The molecule has 10 heteroatoms. The van der Waals surface area contributed by atoms with Crippen molar-refractivity contribution < 1.29 is 32.9 Å². The molecule has 128 valence electrons. The Morgan fingerprint density at radius 3 is 2.32 bits per heavy atom. The first-order valence-electron chi connectivity index (χ1n) is 6.58. The van der Waals surface area contributed by atoms with E-state index in [4.69, 9.17) is 4.74 Å². The number of thioether (sulfide) groups is 1. The van der Waals surface area contributed by atoms with Crippen LogP contribution in [0.4, 0.5) is 13.2 Å². The molecule has 0 saturated carbocycles. The summed E-state index contributed by atoms with van der Waals surface area (Å²) in [5.41, 5.74) is -3.54. The first kappa shape index (κ1) is 17.8. The van der Waals surface area contributed by atoms with E-state index in [1.54, 1.807) is 19.0 Å². The molecule has 2 N–H and O–H groups in total. The number of aliphatic imine (C=N–C) groups is 1. The van der Waals surface area contributed by atoms with Gasteiger partial charge in [-0.1, -0.05) is 11.8 Å². The zero-order chi connectivity index (χ0) is 16.9. The number of rotatable bonds is 2. The molecule has 2 heterocycles. The van der Waals surface area contributed by atoms with Gasteiger partial charge in [0.05, 0.1) is 0 Å². The zero-order valence-electron chi connectivity index (χ0n) is 12.5. The summed E-state index contributed by atoms with van der Waals surface area (Å²) in [6, 6.07) is -0.817. The van der Waals surface area contributed by atoms with Gasteiger partial charge in [0.1, 0.15) is 29.8 Å². The van der Waals surface area contributed by atoms with Gasteiger partial charge in [0.25, 0.3) is 0 Å². The molecule has 0 aromatic carbocycles. The Labute approximate surface area is 130 Å². The molecular weight excluding hydrogens is 325 g/mol. The smallest absolute Gasteiger partial charge is 0.388 e. The van der Waals surface area contributed by atoms with Gasteiger partial charge in [0, 0.05) is 21.2 Å². The second kappa shape index (κ2) is 5.82. The lowest BCUT2D eigenvalue weighted by atomic mass is 9.86. The number of hydrogen-bond donors (Lipinski definition) is 2. The fourth-order valence-electron chi connectivity index (χ4n) is 2.41. The third-order valence-electron chi connectivity index (χ3n) is 3.96. The number of fused-ring (bicyclic) bond motifs is 1. The van der Waals surface area contributed by atoms with Gasteiger partial charge >= 0.3 is 6.18 Å². The van der Waals surface area contributed by atoms with Crippen LogP contribution in [0.2, 0.25) is 0 Å². The van der Waals surface area contributed by atoms with Gasteiger partial charge in [0.2, 0.25) is 0 Å². The topological polar surface area (TPSA) is 74.5 Å². The van der Waals surface area contributed by atoms with Crippen LogP contribution >= 0.6 is 11.8 Å². The molecule has 0 bridgehead atoms. The zero-order valence-corrected chi connectivity index (χ0v) is 13.4. The molecule has 0 aliphatic carbocycles. The molecule has 1 saturated heterocycles. The number of nitrogens with zero attached hydrogens (tertiary/aromatic N) is 2. The summed E-state index contributed by atoms with van der Waals surface area (Å²) < 4.78 is 49.9. The molecule has 2 aliphatic heterocycles. The Bertz CT molecular complexity index is 462. The fraction of sp³-hybridized carbons (Fsp3) is 0.917. The van der Waals surface area contributed by atoms with Crippen LogP contribution in [0.15, 0.2) is 4.99 Å². The van der Waals surface area contributed by atoms with Crippen LogP contribution in [-0.2, 0) is 9.47 Å². The molecule has 0 aromatic rings. The number of aliphatic hydroxyl groups excluding tert-OH is 2. The van der Waals surface area contributed by atoms with Crippen molar-refractivity contribution in [2.45, 2.75) is 48.5 Å². The third kappa shape index (κ3) is 2.71. The highest BCUT2D eigenvalue weighted by Gasteiger charge is 2.64. The van der Waals surface area contributed by atoms with Crippen LogP contribution in [0.3, 0.4) is 0 Å². The van der Waals surface area contributed by atoms with E-state index in [1.165, 1.54) is 0 Å². The van der Waals surface area contributed by atoms with Crippen LogP contribution in [0, 0.1) is 0 Å². The van der Waals surface area contributed by atoms with Gasteiger partial charge in [-0.05, 0) is 6.92 Å². The average molecular weight is 344 g/mol. The summed E-state index contributed by atoms with van der Waals surface area (Å²) in [6.07, 6.45) is -9.75. The summed E-state index contributed by atoms with van der Waals surface area (Å²) >= 11 is 1.11. The van der Waals surface area contributed by atoms with Crippen LogP contribution in [0.5, 0.6) is 0 Å². The van der Waals surface area contributed by atoms with Crippen molar-refractivity contribution in [2.75, 3.05) is 21.2 Å². The van der Waals surface area contributed by atoms with Crippen molar-refractivity contribution in [3.8, 4) is 0 Å². The highest BCUT2D eigenvalue weighted by atomic mass is 32.2. The molecule has 6 nitrogen and oxygen atoms in total. The molecule has 0 spiro atoms. The molecule has 1 fully saturated rings. The van der Waals surface area contributed by atoms with Gasteiger partial charge in [-0.25, -0.2) is 0 Å². The Hall–Kier alpha value is -0.550. The molecule has 0 aromatic heterocycles. The van der Waals surface area contributed by atoms with Crippen LogP contribution in [0.25, 0.3) is 0 Å². The Balaban J connectivity index is 2.29. The minimum absolute atomic E-state index is 0.521. The van der Waals surface area contributed by atoms with E-state index in [-0.39, 0.29) is 0 Å². The van der Waals surface area contributed by atoms with E-state index < -0.39 is 41.6 Å². The standard InChI is InChI=1S/C12H19F3N2O4S/c1-11(20-4,12(13,14)15)8-7(19)6(18)5-9(21-8)22-10(16-5)17(2)3/h5-9,18-19H,1-4H3/t5-,6-,7+,8?,9-,11-/m1/s1. The minimum Gasteiger partial charge on any atom is -0.388 e. The van der Waals surface area contributed by atoms with E-state index >= 15 is 0 Å². The average Bonchev–Trinajstić information content (AvgIpc) is 2.85. The summed E-state index contributed by atoms with van der Waals surface area (Å²) in [5.74, 6) is 0. The SMILES string of the molecule is CO[C@](C)(C1O[C@@H]2SC(N(C)C)=N[C@@H]2[C@@H](O)[C@@H]1O)C(F)(F)F. The van der Waals surface area contributed by atoms with E-state index in [2.05, 4.69) is 9.73 Å². The second-order valence-electron chi connectivity index (χ2n) is 5.63. The van der Waals surface area contributed by atoms with Crippen molar-refractivity contribution >= 4 is 16.9 Å². The van der Waals surface area contributed by atoms with Gasteiger partial charge in [-0.2, -0.15) is 13.2 Å². The predicted octanol–water partition coefficient (Wildman–Crippen LogP) is 0.433. The Morgan fingerprint density at radius 1 is 1.27 bits per heavy atom. The highest BCUT2D eigenvalue weighted by molar-refractivity contribution is 8.14. The van der Waals surface area contributed by atoms with Crippen molar-refractivity contribution in [2.24, 2.45) is 4.99 Å². The molecule has 2 aliphatic rings. The van der Waals surface area contributed by atoms with E-state index in [0.29, 0.717) is 5.17 Å². The quantitative estimate of drug-likeness (QED) is 0.757. The summed E-state index contributed by atoms with van der Waals surface area (Å²) in [4.78, 5) is 5.86. The van der Waals surface area contributed by atoms with E-state index in [1.807, 2.05) is 0 Å². The minimum atomic E-state index is -4.77. The molecule has 0 amide bonds. The lowest BCUT2D eigenvalue weighted by Gasteiger charge is -2.46. The summed E-state index contributed by atoms with van der Waals surface area (Å²) in [7, 11) is 4.34. The third-order valence-corrected chi connectivity index (χ3v) is 5.27. The summed E-state index contributed by atoms with van der Waals surface area (Å²) in [5, 5.41) is 20.8. The molecule has 22 heavy (non-hydrogen) atoms. The monoisotopic (exact) mass is 344 g/mol. The number of methoxy groups -OCH3 is 1. The molecule has 0 radical (unpaired) electrons. The normalized spacial score (nSPS) is 38.2. The molecule has 2 rings (SSSR count). The lowest BCUT2D eigenvalue weighted by molar-refractivity contribution is -0.325. The maximum Gasteiger partial charge on any atom is 0.419 e. The van der Waals surface area contributed by atoms with Crippen LogP contribution in [0.1, 0.15) is 6.92 Å². The summed E-state index contributed by atoms with van der Waals surface area (Å²) in [6.45, 7) is 0.793. The number of ether oxygens (including phenoxy) is 2. The van der Waals surface area contributed by atoms with Crippen molar-refractivity contribution in [3.63, 3.8) is 0 Å². The fourth-order valence-corrected chi connectivity index (χ4v) is 3.55. The van der Waals surface area contributed by atoms with E-state index in [9.17, 15) is 23.4 Å². The number of amidine groups is 1. The van der Waals surface area contributed by atoms with Crippen molar-refractivity contribution in [1.29, 1.82) is 0 Å². The Kier molecular flexibility index (Phi) is 4.71. The van der Waals surface area contributed by atoms with Crippen molar-refractivity contribution in [3.05, 3.63) is 0 Å². The second-order valence-corrected chi connectivity index (χ2v) is 6.70. The highest BCUT2D eigenvalue weighted by Crippen LogP contribution is 2.45. The van der Waals surface area contributed by atoms with Gasteiger partial charge < -0.3 is 24.6 Å². The molecule has 6 atom stereocenters. The van der Waals surface area contributed by atoms with Crippen molar-refractivity contribution in [1.82, 2.24) is 4.90 Å². The van der Waals surface area contributed by atoms with Crippen LogP contribution < -0.4 is 0 Å². The number of hydrogen-bond acceptors (Lipinski definition) is 7. The predicted molar refractivity (Wildman–Crippen MR) is 74.6 cm³/mol. The molecular formula is C12H19F3N2O4S. The van der Waals surface area contributed by atoms with Gasteiger partial charge in [-0.15, -0.1) is 0 Å². The first-order chi connectivity index (χ1) is 10.0. The number of alkyl halides is 3.